The molecule has 2 aromatic carbocycles. The number of imide groups is 1. The number of aromatic nitrogens is 1. The topological polar surface area (TPSA) is 42.3 Å². The van der Waals surface area contributed by atoms with Crippen molar-refractivity contribution >= 4 is 40.6 Å². The van der Waals surface area contributed by atoms with E-state index in [0.717, 1.165) is 40.0 Å². The molecule has 0 aliphatic carbocycles. The number of rotatable bonds is 4. The predicted molar refractivity (Wildman–Crippen MR) is 123 cm³/mol. The molecule has 30 heavy (non-hydrogen) atoms. The van der Waals surface area contributed by atoms with E-state index in [1.807, 2.05) is 44.2 Å². The maximum Gasteiger partial charge on any atom is 0.293 e. The molecule has 0 bridgehead atoms. The Balaban J connectivity index is 1.62. The quantitative estimate of drug-likeness (QED) is 0.451. The Bertz CT molecular complexity index is 1180. The molecule has 1 saturated heterocycles. The smallest absolute Gasteiger partial charge is 0.293 e. The fraction of sp³-hybridized carbons (Fsp3) is 0.167. The Hall–Kier alpha value is -2.76. The molecule has 1 fully saturated rings. The molecule has 0 radical (unpaired) electrons. The summed E-state index contributed by atoms with van der Waals surface area (Å²) in [6, 6.07) is 17.5. The first-order chi connectivity index (χ1) is 14.3. The maximum atomic E-state index is 12.9. The van der Waals surface area contributed by atoms with Gasteiger partial charge in [-0.1, -0.05) is 35.9 Å². The molecule has 152 valence electrons. The molecular weight excluding hydrogens is 416 g/mol. The van der Waals surface area contributed by atoms with Crippen LogP contribution in [0.2, 0.25) is 5.02 Å². The van der Waals surface area contributed by atoms with Crippen LogP contribution in [-0.4, -0.2) is 20.6 Å². The van der Waals surface area contributed by atoms with Gasteiger partial charge in [0.2, 0.25) is 0 Å². The van der Waals surface area contributed by atoms with Crippen molar-refractivity contribution < 1.29 is 9.59 Å². The van der Waals surface area contributed by atoms with Crippen LogP contribution in [0.5, 0.6) is 0 Å². The molecular formula is C24H21ClN2O2S. The van der Waals surface area contributed by atoms with E-state index in [0.29, 0.717) is 9.93 Å². The van der Waals surface area contributed by atoms with Crippen LogP contribution in [0.25, 0.3) is 11.8 Å². The van der Waals surface area contributed by atoms with Crippen molar-refractivity contribution in [1.82, 2.24) is 9.47 Å². The van der Waals surface area contributed by atoms with Crippen molar-refractivity contribution in [2.45, 2.75) is 27.3 Å². The Morgan fingerprint density at radius 1 is 1.00 bits per heavy atom. The second-order valence-electron chi connectivity index (χ2n) is 7.40. The minimum atomic E-state index is -0.264. The summed E-state index contributed by atoms with van der Waals surface area (Å²) in [6.07, 6.45) is 1.82. The van der Waals surface area contributed by atoms with Crippen molar-refractivity contribution in [2.24, 2.45) is 0 Å². The van der Waals surface area contributed by atoms with Crippen LogP contribution in [-0.2, 0) is 11.3 Å². The van der Waals surface area contributed by atoms with E-state index in [-0.39, 0.29) is 17.7 Å². The van der Waals surface area contributed by atoms with E-state index in [1.165, 1.54) is 10.5 Å². The number of amides is 2. The highest BCUT2D eigenvalue weighted by Gasteiger charge is 2.35. The van der Waals surface area contributed by atoms with Gasteiger partial charge in [-0.3, -0.25) is 14.5 Å². The molecule has 2 amide bonds. The van der Waals surface area contributed by atoms with Crippen LogP contribution in [0.1, 0.15) is 28.1 Å². The van der Waals surface area contributed by atoms with Gasteiger partial charge in [0.15, 0.2) is 0 Å². The van der Waals surface area contributed by atoms with Crippen LogP contribution in [0.3, 0.4) is 0 Å². The second-order valence-corrected chi connectivity index (χ2v) is 8.82. The number of carbonyl (C=O) groups is 2. The number of benzene rings is 2. The van der Waals surface area contributed by atoms with Gasteiger partial charge in [0, 0.05) is 22.1 Å². The van der Waals surface area contributed by atoms with Gasteiger partial charge in [-0.2, -0.15) is 0 Å². The third-order valence-electron chi connectivity index (χ3n) is 5.14. The van der Waals surface area contributed by atoms with E-state index in [9.17, 15) is 9.59 Å². The monoisotopic (exact) mass is 436 g/mol. The maximum absolute atomic E-state index is 12.9. The number of thioether (sulfide) groups is 1. The summed E-state index contributed by atoms with van der Waals surface area (Å²) in [7, 11) is 0. The van der Waals surface area contributed by atoms with Crippen molar-refractivity contribution in [1.29, 1.82) is 0 Å². The van der Waals surface area contributed by atoms with Gasteiger partial charge < -0.3 is 4.57 Å². The molecule has 0 N–H and O–H groups in total. The zero-order chi connectivity index (χ0) is 21.4. The first kappa shape index (κ1) is 20.5. The summed E-state index contributed by atoms with van der Waals surface area (Å²) in [5.74, 6) is -0.264. The number of hydrogen-bond acceptors (Lipinski definition) is 3. The van der Waals surface area contributed by atoms with E-state index in [1.54, 1.807) is 12.1 Å². The summed E-state index contributed by atoms with van der Waals surface area (Å²) in [5.41, 5.74) is 6.17. The zero-order valence-corrected chi connectivity index (χ0v) is 18.6. The zero-order valence-electron chi connectivity index (χ0n) is 17.0. The first-order valence-electron chi connectivity index (χ1n) is 9.59. The summed E-state index contributed by atoms with van der Waals surface area (Å²) >= 11 is 6.90. The first-order valence-corrected chi connectivity index (χ1v) is 10.8. The summed E-state index contributed by atoms with van der Waals surface area (Å²) in [6.45, 7) is 6.37. The number of nitrogens with zero attached hydrogens (tertiary/aromatic N) is 2. The van der Waals surface area contributed by atoms with Gasteiger partial charge in [0.25, 0.3) is 11.1 Å². The van der Waals surface area contributed by atoms with Crippen LogP contribution in [0.4, 0.5) is 4.79 Å². The van der Waals surface area contributed by atoms with Gasteiger partial charge in [0.1, 0.15) is 0 Å². The van der Waals surface area contributed by atoms with Gasteiger partial charge in [0.05, 0.1) is 11.4 Å². The lowest BCUT2D eigenvalue weighted by Gasteiger charge is -2.12. The Morgan fingerprint density at radius 3 is 2.43 bits per heavy atom. The van der Waals surface area contributed by atoms with E-state index >= 15 is 0 Å². The lowest BCUT2D eigenvalue weighted by Crippen LogP contribution is -2.27. The number of hydrogen-bond donors (Lipinski definition) is 0. The second kappa shape index (κ2) is 8.17. The van der Waals surface area contributed by atoms with Crippen LogP contribution >= 0.6 is 23.4 Å². The number of aryl methyl sites for hydroxylation is 2. The van der Waals surface area contributed by atoms with Crippen LogP contribution in [0, 0.1) is 20.8 Å². The minimum absolute atomic E-state index is 0.238. The highest BCUT2D eigenvalue weighted by Crippen LogP contribution is 2.34. The fourth-order valence-electron chi connectivity index (χ4n) is 3.65. The highest BCUT2D eigenvalue weighted by molar-refractivity contribution is 8.18. The molecule has 4 nitrogen and oxygen atoms in total. The van der Waals surface area contributed by atoms with Gasteiger partial charge in [-0.25, -0.2) is 0 Å². The molecule has 0 atom stereocenters. The largest absolute Gasteiger partial charge is 0.318 e. The number of carbonyl (C=O) groups excluding carboxylic acids is 2. The Labute approximate surface area is 185 Å². The van der Waals surface area contributed by atoms with Crippen molar-refractivity contribution in [3.63, 3.8) is 0 Å². The molecule has 4 rings (SSSR count). The Kier molecular flexibility index (Phi) is 5.58. The molecule has 1 aliphatic heterocycles. The molecule has 0 unspecified atom stereocenters. The van der Waals surface area contributed by atoms with Crippen LogP contribution < -0.4 is 0 Å². The Morgan fingerprint density at radius 2 is 1.73 bits per heavy atom. The van der Waals surface area contributed by atoms with Crippen molar-refractivity contribution in [3.05, 3.63) is 92.6 Å². The van der Waals surface area contributed by atoms with Crippen molar-refractivity contribution in [2.75, 3.05) is 0 Å². The third kappa shape index (κ3) is 3.95. The molecule has 2 heterocycles. The molecule has 0 saturated carbocycles. The SMILES string of the molecule is Cc1cccc(-n2c(C)cc(/C=C3\SC(=O)N(Cc4ccc(Cl)cc4)C3=O)c2C)c1. The average Bonchev–Trinajstić information content (AvgIpc) is 3.13. The summed E-state index contributed by atoms with van der Waals surface area (Å²) < 4.78 is 2.16. The van der Waals surface area contributed by atoms with E-state index < -0.39 is 0 Å². The third-order valence-corrected chi connectivity index (χ3v) is 6.30. The van der Waals surface area contributed by atoms with Gasteiger partial charge in [-0.05, 0) is 85.6 Å². The molecule has 1 aromatic heterocycles. The average molecular weight is 437 g/mol. The van der Waals surface area contributed by atoms with Gasteiger partial charge in [-0.15, -0.1) is 0 Å². The highest BCUT2D eigenvalue weighted by atomic mass is 35.5. The van der Waals surface area contributed by atoms with Crippen molar-refractivity contribution in [3.8, 4) is 5.69 Å². The lowest BCUT2D eigenvalue weighted by atomic mass is 10.2. The molecule has 3 aromatic rings. The van der Waals surface area contributed by atoms with E-state index in [2.05, 4.69) is 29.7 Å². The molecule has 1 aliphatic rings. The summed E-state index contributed by atoms with van der Waals surface area (Å²) in [4.78, 5) is 27.1. The summed E-state index contributed by atoms with van der Waals surface area (Å²) in [5, 5.41) is 0.366. The van der Waals surface area contributed by atoms with E-state index in [4.69, 9.17) is 11.6 Å². The van der Waals surface area contributed by atoms with Crippen LogP contribution in [0.15, 0.2) is 59.5 Å². The standard InChI is InChI=1S/C24H21ClN2O2S/c1-15-5-4-6-21(11-15)27-16(2)12-19(17(27)3)13-22-23(28)26(24(29)30-22)14-18-7-9-20(25)10-8-18/h4-13H,14H2,1-3H3/b22-13-. The normalized spacial score (nSPS) is 15.5. The molecule has 6 heteroatoms. The van der Waals surface area contributed by atoms with Gasteiger partial charge >= 0.3 is 0 Å². The minimum Gasteiger partial charge on any atom is -0.318 e. The number of halogens is 1. The predicted octanol–water partition coefficient (Wildman–Crippen LogP) is 6.29. The fourth-order valence-corrected chi connectivity index (χ4v) is 4.60. The molecule has 0 spiro atoms. The lowest BCUT2D eigenvalue weighted by molar-refractivity contribution is -0.123.